The SMILES string of the molecule is COc1ccc(CN=C(N)Nc2ccccc2OC)cc1F.I. The van der Waals surface area contributed by atoms with Crippen molar-refractivity contribution in [1.29, 1.82) is 0 Å². The van der Waals surface area contributed by atoms with E-state index >= 15 is 0 Å². The van der Waals surface area contributed by atoms with Gasteiger partial charge < -0.3 is 20.5 Å². The molecule has 0 atom stereocenters. The number of nitrogens with zero attached hydrogens (tertiary/aromatic N) is 1. The van der Waals surface area contributed by atoms with Crippen molar-refractivity contribution in [2.45, 2.75) is 6.54 Å². The van der Waals surface area contributed by atoms with Crippen LogP contribution >= 0.6 is 24.0 Å². The molecular formula is C16H19FIN3O2. The van der Waals surface area contributed by atoms with E-state index in [1.807, 2.05) is 24.3 Å². The third-order valence-corrected chi connectivity index (χ3v) is 3.02. The maximum Gasteiger partial charge on any atom is 0.193 e. The van der Waals surface area contributed by atoms with Crippen molar-refractivity contribution >= 4 is 35.6 Å². The van der Waals surface area contributed by atoms with Crippen LogP contribution in [0.2, 0.25) is 0 Å². The number of methoxy groups -OCH3 is 2. The highest BCUT2D eigenvalue weighted by atomic mass is 127. The van der Waals surface area contributed by atoms with Gasteiger partial charge in [0.05, 0.1) is 26.5 Å². The van der Waals surface area contributed by atoms with Gasteiger partial charge >= 0.3 is 0 Å². The van der Waals surface area contributed by atoms with Crippen LogP contribution in [0.5, 0.6) is 11.5 Å². The van der Waals surface area contributed by atoms with Gasteiger partial charge in [0.15, 0.2) is 17.5 Å². The number of halogens is 2. The average molecular weight is 431 g/mol. The summed E-state index contributed by atoms with van der Waals surface area (Å²) in [6, 6.07) is 12.0. The summed E-state index contributed by atoms with van der Waals surface area (Å²) in [6.45, 7) is 0.259. The predicted octanol–water partition coefficient (Wildman–Crippen LogP) is 3.39. The van der Waals surface area contributed by atoms with Crippen LogP contribution in [0.15, 0.2) is 47.5 Å². The molecule has 0 amide bonds. The lowest BCUT2D eigenvalue weighted by Gasteiger charge is -2.10. The van der Waals surface area contributed by atoms with Crippen molar-refractivity contribution in [2.75, 3.05) is 19.5 Å². The Morgan fingerprint density at radius 3 is 2.48 bits per heavy atom. The maximum atomic E-state index is 13.6. The van der Waals surface area contributed by atoms with Crippen molar-refractivity contribution in [3.8, 4) is 11.5 Å². The van der Waals surface area contributed by atoms with Crippen LogP contribution in [0.25, 0.3) is 0 Å². The standard InChI is InChI=1S/C16H18FN3O2.HI/c1-21-14-8-7-11(9-12(14)17)10-19-16(18)20-13-5-3-4-6-15(13)22-2;/h3-9H,10H2,1-2H3,(H3,18,19,20);1H. The fraction of sp³-hybridized carbons (Fsp3) is 0.188. The van der Waals surface area contributed by atoms with E-state index in [2.05, 4.69) is 10.3 Å². The molecule has 2 rings (SSSR count). The van der Waals surface area contributed by atoms with E-state index in [0.717, 1.165) is 0 Å². The number of aliphatic imine (C=N–C) groups is 1. The van der Waals surface area contributed by atoms with E-state index in [0.29, 0.717) is 17.0 Å². The zero-order valence-electron chi connectivity index (χ0n) is 12.9. The summed E-state index contributed by atoms with van der Waals surface area (Å²) in [5.41, 5.74) is 7.25. The molecule has 0 aliphatic carbocycles. The van der Waals surface area contributed by atoms with E-state index in [4.69, 9.17) is 15.2 Å². The Labute approximate surface area is 151 Å². The van der Waals surface area contributed by atoms with Gasteiger partial charge in [-0.1, -0.05) is 18.2 Å². The number of para-hydroxylation sites is 2. The first-order valence-corrected chi connectivity index (χ1v) is 6.66. The monoisotopic (exact) mass is 431 g/mol. The molecule has 0 aromatic heterocycles. The molecule has 0 unspecified atom stereocenters. The Balaban J connectivity index is 0.00000264. The number of guanidine groups is 1. The van der Waals surface area contributed by atoms with Crippen LogP contribution < -0.4 is 20.5 Å². The van der Waals surface area contributed by atoms with Crippen molar-refractivity contribution in [3.63, 3.8) is 0 Å². The normalized spacial score (nSPS) is 10.7. The lowest BCUT2D eigenvalue weighted by molar-refractivity contribution is 0.386. The molecule has 0 aliphatic heterocycles. The predicted molar refractivity (Wildman–Crippen MR) is 100 cm³/mol. The van der Waals surface area contributed by atoms with E-state index in [1.54, 1.807) is 19.2 Å². The largest absolute Gasteiger partial charge is 0.495 e. The van der Waals surface area contributed by atoms with Gasteiger partial charge in [-0.3, -0.25) is 0 Å². The lowest BCUT2D eigenvalue weighted by atomic mass is 10.2. The van der Waals surface area contributed by atoms with Crippen molar-refractivity contribution in [2.24, 2.45) is 10.7 Å². The van der Waals surface area contributed by atoms with Crippen LogP contribution in [0.1, 0.15) is 5.56 Å². The molecule has 3 N–H and O–H groups in total. The third-order valence-electron chi connectivity index (χ3n) is 3.02. The number of hydrogen-bond acceptors (Lipinski definition) is 3. The minimum absolute atomic E-state index is 0. The van der Waals surface area contributed by atoms with Gasteiger partial charge in [0.25, 0.3) is 0 Å². The minimum Gasteiger partial charge on any atom is -0.495 e. The fourth-order valence-electron chi connectivity index (χ4n) is 1.91. The van der Waals surface area contributed by atoms with Crippen LogP contribution in [-0.2, 0) is 6.54 Å². The molecular weight excluding hydrogens is 412 g/mol. The molecule has 124 valence electrons. The van der Waals surface area contributed by atoms with Crippen molar-refractivity contribution < 1.29 is 13.9 Å². The highest BCUT2D eigenvalue weighted by molar-refractivity contribution is 14.0. The quantitative estimate of drug-likeness (QED) is 0.433. The molecule has 0 spiro atoms. The van der Waals surface area contributed by atoms with Gasteiger partial charge in [-0.2, -0.15) is 0 Å². The van der Waals surface area contributed by atoms with Gasteiger partial charge in [-0.15, -0.1) is 24.0 Å². The average Bonchev–Trinajstić information content (AvgIpc) is 2.53. The molecule has 2 aromatic rings. The smallest absolute Gasteiger partial charge is 0.193 e. The van der Waals surface area contributed by atoms with Gasteiger partial charge in [0.1, 0.15) is 5.75 Å². The minimum atomic E-state index is -0.425. The van der Waals surface area contributed by atoms with Crippen LogP contribution in [0.3, 0.4) is 0 Å². The number of rotatable bonds is 5. The summed E-state index contributed by atoms with van der Waals surface area (Å²) < 4.78 is 23.7. The van der Waals surface area contributed by atoms with E-state index in [-0.39, 0.29) is 42.2 Å². The molecule has 0 bridgehead atoms. The second kappa shape index (κ2) is 9.19. The Kier molecular flexibility index (Phi) is 7.60. The van der Waals surface area contributed by atoms with Crippen molar-refractivity contribution in [3.05, 3.63) is 53.8 Å². The van der Waals surface area contributed by atoms with Crippen LogP contribution in [0, 0.1) is 5.82 Å². The van der Waals surface area contributed by atoms with Gasteiger partial charge in [-0.05, 0) is 29.8 Å². The molecule has 0 saturated carbocycles. The highest BCUT2D eigenvalue weighted by Gasteiger charge is 2.04. The summed E-state index contributed by atoms with van der Waals surface area (Å²) >= 11 is 0. The zero-order chi connectivity index (χ0) is 15.9. The molecule has 0 heterocycles. The van der Waals surface area contributed by atoms with Crippen LogP contribution in [-0.4, -0.2) is 20.2 Å². The number of hydrogen-bond donors (Lipinski definition) is 2. The van der Waals surface area contributed by atoms with E-state index in [1.165, 1.54) is 13.2 Å². The zero-order valence-corrected chi connectivity index (χ0v) is 15.2. The first-order chi connectivity index (χ1) is 10.6. The number of nitrogens with one attached hydrogen (secondary N) is 1. The second-order valence-electron chi connectivity index (χ2n) is 4.50. The molecule has 0 saturated heterocycles. The Bertz CT molecular complexity index is 680. The highest BCUT2D eigenvalue weighted by Crippen LogP contribution is 2.22. The fourth-order valence-corrected chi connectivity index (χ4v) is 1.91. The summed E-state index contributed by atoms with van der Waals surface area (Å²) in [6.07, 6.45) is 0. The topological polar surface area (TPSA) is 68.9 Å². The number of nitrogens with two attached hydrogens (primary N) is 1. The lowest BCUT2D eigenvalue weighted by Crippen LogP contribution is -2.22. The van der Waals surface area contributed by atoms with Gasteiger partial charge in [0.2, 0.25) is 0 Å². The number of ether oxygens (including phenoxy) is 2. The van der Waals surface area contributed by atoms with Gasteiger partial charge in [0, 0.05) is 0 Å². The van der Waals surface area contributed by atoms with Crippen LogP contribution in [0.4, 0.5) is 10.1 Å². The van der Waals surface area contributed by atoms with E-state index in [9.17, 15) is 4.39 Å². The molecule has 0 aliphatic rings. The summed E-state index contributed by atoms with van der Waals surface area (Å²) in [7, 11) is 3.00. The maximum absolute atomic E-state index is 13.6. The third kappa shape index (κ3) is 5.27. The summed E-state index contributed by atoms with van der Waals surface area (Å²) in [5.74, 6) is 0.663. The Morgan fingerprint density at radius 1 is 1.13 bits per heavy atom. The molecule has 5 nitrogen and oxygen atoms in total. The molecule has 2 aromatic carbocycles. The summed E-state index contributed by atoms with van der Waals surface area (Å²) in [5, 5.41) is 2.95. The molecule has 7 heteroatoms. The Hall–Kier alpha value is -2.03. The molecule has 0 fully saturated rings. The number of anilines is 1. The van der Waals surface area contributed by atoms with E-state index < -0.39 is 5.82 Å². The first kappa shape index (κ1) is 19.0. The Morgan fingerprint density at radius 2 is 1.83 bits per heavy atom. The van der Waals surface area contributed by atoms with Gasteiger partial charge in [-0.25, -0.2) is 9.38 Å². The van der Waals surface area contributed by atoms with Crippen molar-refractivity contribution in [1.82, 2.24) is 0 Å². The summed E-state index contributed by atoms with van der Waals surface area (Å²) in [4.78, 5) is 4.18. The first-order valence-electron chi connectivity index (χ1n) is 6.66. The second-order valence-corrected chi connectivity index (χ2v) is 4.50. The number of benzene rings is 2. The molecule has 23 heavy (non-hydrogen) atoms. The molecule has 0 radical (unpaired) electrons.